The standard InChI is InChI=1S/C22H28/c1-3-5-6-7-8-9-10-20-13-17-22(18-14-20)21-15-11-19(4-2)12-16-21/h4,11-18H,2-3,5-10H2,1H3. The van der Waals surface area contributed by atoms with Crippen LogP contribution >= 0.6 is 0 Å². The first-order valence-electron chi connectivity index (χ1n) is 8.65. The predicted molar refractivity (Wildman–Crippen MR) is 99.0 cm³/mol. The summed E-state index contributed by atoms with van der Waals surface area (Å²) in [5, 5.41) is 0. The molecule has 0 heteroatoms. The first-order valence-corrected chi connectivity index (χ1v) is 8.65. The van der Waals surface area contributed by atoms with Gasteiger partial charge in [-0.25, -0.2) is 0 Å². The zero-order chi connectivity index (χ0) is 15.6. The Hall–Kier alpha value is -1.82. The lowest BCUT2D eigenvalue weighted by Crippen LogP contribution is -1.87. The lowest BCUT2D eigenvalue weighted by Gasteiger charge is -2.05. The smallest absolute Gasteiger partial charge is 0.0184 e. The summed E-state index contributed by atoms with van der Waals surface area (Å²) in [5.74, 6) is 0. The number of unbranched alkanes of at least 4 members (excludes halogenated alkanes) is 5. The monoisotopic (exact) mass is 292 g/mol. The van der Waals surface area contributed by atoms with Gasteiger partial charge in [0, 0.05) is 0 Å². The molecular formula is C22H28. The molecule has 0 bridgehead atoms. The third kappa shape index (κ3) is 5.18. The molecule has 0 radical (unpaired) electrons. The molecule has 0 N–H and O–H groups in total. The van der Waals surface area contributed by atoms with Crippen LogP contribution in [0.1, 0.15) is 56.6 Å². The van der Waals surface area contributed by atoms with Crippen LogP contribution < -0.4 is 0 Å². The molecule has 0 saturated heterocycles. The van der Waals surface area contributed by atoms with E-state index in [9.17, 15) is 0 Å². The SMILES string of the molecule is C=Cc1ccc(-c2ccc(CCCCCCCC)cc2)cc1. The minimum absolute atomic E-state index is 1.17. The highest BCUT2D eigenvalue weighted by Gasteiger charge is 1.99. The van der Waals surface area contributed by atoms with Crippen molar-refractivity contribution in [1.29, 1.82) is 0 Å². The van der Waals surface area contributed by atoms with Gasteiger partial charge in [0.15, 0.2) is 0 Å². The van der Waals surface area contributed by atoms with Gasteiger partial charge in [0.25, 0.3) is 0 Å². The van der Waals surface area contributed by atoms with E-state index in [-0.39, 0.29) is 0 Å². The molecule has 0 aliphatic carbocycles. The quantitative estimate of drug-likeness (QED) is 0.441. The van der Waals surface area contributed by atoms with Gasteiger partial charge in [0.05, 0.1) is 0 Å². The van der Waals surface area contributed by atoms with E-state index in [1.54, 1.807) is 0 Å². The molecule has 0 amide bonds. The van der Waals surface area contributed by atoms with E-state index in [2.05, 4.69) is 62.0 Å². The van der Waals surface area contributed by atoms with Crippen LogP contribution in [-0.4, -0.2) is 0 Å². The van der Waals surface area contributed by atoms with Crippen LogP contribution in [0.15, 0.2) is 55.1 Å². The van der Waals surface area contributed by atoms with Gasteiger partial charge in [-0.1, -0.05) is 100 Å². The van der Waals surface area contributed by atoms with Gasteiger partial charge in [0.2, 0.25) is 0 Å². The average Bonchev–Trinajstić information content (AvgIpc) is 2.59. The molecule has 2 aromatic rings. The van der Waals surface area contributed by atoms with Crippen molar-refractivity contribution in [2.24, 2.45) is 0 Å². The largest absolute Gasteiger partial charge is 0.0985 e. The van der Waals surface area contributed by atoms with E-state index in [1.807, 2.05) is 6.08 Å². The van der Waals surface area contributed by atoms with Gasteiger partial charge in [-0.15, -0.1) is 0 Å². The van der Waals surface area contributed by atoms with E-state index in [0.717, 1.165) is 0 Å². The van der Waals surface area contributed by atoms with E-state index < -0.39 is 0 Å². The Morgan fingerprint density at radius 3 is 1.86 bits per heavy atom. The summed E-state index contributed by atoms with van der Waals surface area (Å²) < 4.78 is 0. The molecule has 0 aliphatic heterocycles. The second-order valence-corrected chi connectivity index (χ2v) is 6.04. The fraction of sp³-hybridized carbons (Fsp3) is 0.364. The third-order valence-electron chi connectivity index (χ3n) is 4.25. The number of aryl methyl sites for hydroxylation is 1. The summed E-state index contributed by atoms with van der Waals surface area (Å²) in [6, 6.07) is 17.6. The van der Waals surface area contributed by atoms with E-state index in [0.29, 0.717) is 0 Å². The first kappa shape index (κ1) is 16.5. The zero-order valence-corrected chi connectivity index (χ0v) is 13.9. The molecule has 116 valence electrons. The Bertz CT molecular complexity index is 546. The molecule has 0 aromatic heterocycles. The third-order valence-corrected chi connectivity index (χ3v) is 4.25. The maximum absolute atomic E-state index is 3.80. The Kier molecular flexibility index (Phi) is 6.96. The van der Waals surface area contributed by atoms with Gasteiger partial charge < -0.3 is 0 Å². The number of hydrogen-bond donors (Lipinski definition) is 0. The highest BCUT2D eigenvalue weighted by molar-refractivity contribution is 5.65. The summed E-state index contributed by atoms with van der Waals surface area (Å²) in [5.41, 5.74) is 5.20. The molecule has 0 aliphatic rings. The number of benzene rings is 2. The van der Waals surface area contributed by atoms with Crippen LogP contribution in [0, 0.1) is 0 Å². The van der Waals surface area contributed by atoms with Gasteiger partial charge in [-0.3, -0.25) is 0 Å². The van der Waals surface area contributed by atoms with Gasteiger partial charge in [-0.05, 0) is 35.1 Å². The Morgan fingerprint density at radius 1 is 0.727 bits per heavy atom. The minimum atomic E-state index is 1.17. The van der Waals surface area contributed by atoms with Crippen molar-refractivity contribution < 1.29 is 0 Å². The van der Waals surface area contributed by atoms with Crippen LogP contribution in [-0.2, 0) is 6.42 Å². The summed E-state index contributed by atoms with van der Waals surface area (Å²) in [6.07, 6.45) is 11.3. The Labute approximate surface area is 135 Å². The van der Waals surface area contributed by atoms with Crippen LogP contribution in [0.3, 0.4) is 0 Å². The van der Waals surface area contributed by atoms with Crippen molar-refractivity contribution in [3.63, 3.8) is 0 Å². The second-order valence-electron chi connectivity index (χ2n) is 6.04. The lowest BCUT2D eigenvalue weighted by atomic mass is 10.00. The number of hydrogen-bond acceptors (Lipinski definition) is 0. The molecule has 0 heterocycles. The highest BCUT2D eigenvalue weighted by Crippen LogP contribution is 2.21. The van der Waals surface area contributed by atoms with Gasteiger partial charge >= 0.3 is 0 Å². The van der Waals surface area contributed by atoms with E-state index in [1.165, 1.54) is 67.2 Å². The fourth-order valence-corrected chi connectivity index (χ4v) is 2.78. The topological polar surface area (TPSA) is 0 Å². The van der Waals surface area contributed by atoms with Crippen LogP contribution in [0.25, 0.3) is 17.2 Å². The van der Waals surface area contributed by atoms with Crippen molar-refractivity contribution in [2.75, 3.05) is 0 Å². The molecule has 2 aromatic carbocycles. The maximum Gasteiger partial charge on any atom is -0.0184 e. The lowest BCUT2D eigenvalue weighted by molar-refractivity contribution is 0.607. The predicted octanol–water partition coefficient (Wildman–Crippen LogP) is 6.90. The highest BCUT2D eigenvalue weighted by atomic mass is 14.0. The van der Waals surface area contributed by atoms with E-state index >= 15 is 0 Å². The molecule has 0 saturated carbocycles. The first-order chi connectivity index (χ1) is 10.8. The average molecular weight is 292 g/mol. The van der Waals surface area contributed by atoms with Gasteiger partial charge in [-0.2, -0.15) is 0 Å². The van der Waals surface area contributed by atoms with Crippen LogP contribution in [0.2, 0.25) is 0 Å². The van der Waals surface area contributed by atoms with Crippen molar-refractivity contribution in [1.82, 2.24) is 0 Å². The Morgan fingerprint density at radius 2 is 1.27 bits per heavy atom. The van der Waals surface area contributed by atoms with Crippen molar-refractivity contribution in [3.05, 3.63) is 66.2 Å². The molecule has 0 nitrogen and oxygen atoms in total. The number of rotatable bonds is 9. The van der Waals surface area contributed by atoms with Crippen LogP contribution in [0.5, 0.6) is 0 Å². The summed E-state index contributed by atoms with van der Waals surface area (Å²) in [4.78, 5) is 0. The van der Waals surface area contributed by atoms with E-state index in [4.69, 9.17) is 0 Å². The summed E-state index contributed by atoms with van der Waals surface area (Å²) >= 11 is 0. The summed E-state index contributed by atoms with van der Waals surface area (Å²) in [6.45, 7) is 6.07. The molecule has 0 spiro atoms. The molecule has 22 heavy (non-hydrogen) atoms. The molecule has 0 fully saturated rings. The van der Waals surface area contributed by atoms with Crippen molar-refractivity contribution in [3.8, 4) is 11.1 Å². The van der Waals surface area contributed by atoms with Crippen LogP contribution in [0.4, 0.5) is 0 Å². The Balaban J connectivity index is 1.83. The molecule has 0 atom stereocenters. The van der Waals surface area contributed by atoms with Crippen molar-refractivity contribution in [2.45, 2.75) is 51.9 Å². The molecule has 0 unspecified atom stereocenters. The van der Waals surface area contributed by atoms with Gasteiger partial charge in [0.1, 0.15) is 0 Å². The summed E-state index contributed by atoms with van der Waals surface area (Å²) in [7, 11) is 0. The molecular weight excluding hydrogens is 264 g/mol. The maximum atomic E-state index is 3.80. The van der Waals surface area contributed by atoms with Crippen molar-refractivity contribution >= 4 is 6.08 Å². The molecule has 2 rings (SSSR count). The normalized spacial score (nSPS) is 10.6. The second kappa shape index (κ2) is 9.25. The zero-order valence-electron chi connectivity index (χ0n) is 13.9. The fourth-order valence-electron chi connectivity index (χ4n) is 2.78. The minimum Gasteiger partial charge on any atom is -0.0985 e.